The molecule has 0 radical (unpaired) electrons. The van der Waals surface area contributed by atoms with Gasteiger partial charge in [0.05, 0.1) is 6.20 Å². The van der Waals surface area contributed by atoms with Crippen LogP contribution in [0.25, 0.3) is 0 Å². The van der Waals surface area contributed by atoms with Gasteiger partial charge in [0.1, 0.15) is 6.26 Å². The van der Waals surface area contributed by atoms with Gasteiger partial charge in [0.15, 0.2) is 0 Å². The summed E-state index contributed by atoms with van der Waals surface area (Å²) in [4.78, 5) is 14.8. The molecule has 0 unspecified atom stereocenters. The summed E-state index contributed by atoms with van der Waals surface area (Å²) in [6.07, 6.45) is 2.87. The Morgan fingerprint density at radius 3 is 2.80 bits per heavy atom. The minimum Gasteiger partial charge on any atom is -0.442 e. The van der Waals surface area contributed by atoms with Crippen LogP contribution in [0.3, 0.4) is 0 Å². The van der Waals surface area contributed by atoms with E-state index in [9.17, 15) is 4.79 Å². The zero-order valence-electron chi connectivity index (χ0n) is 6.00. The summed E-state index contributed by atoms with van der Waals surface area (Å²) in [7, 11) is 0. The van der Waals surface area contributed by atoms with Gasteiger partial charge in [0, 0.05) is 5.92 Å². The molecule has 0 spiro atoms. The molecule has 1 rings (SSSR count). The molecule has 3 nitrogen and oxygen atoms in total. The molecule has 0 aromatic carbocycles. The first-order chi connectivity index (χ1) is 4.72. The van der Waals surface area contributed by atoms with Crippen molar-refractivity contribution in [3.8, 4) is 0 Å². The lowest BCUT2D eigenvalue weighted by Crippen LogP contribution is -2.07. The minimum atomic E-state index is -0.0509. The second kappa shape index (κ2) is 2.64. The highest BCUT2D eigenvalue weighted by Gasteiger charge is 2.13. The molecule has 1 aromatic rings. The Bertz CT molecular complexity index is 214. The number of hydrogen-bond donors (Lipinski definition) is 0. The van der Waals surface area contributed by atoms with Crippen molar-refractivity contribution in [3.05, 3.63) is 18.4 Å². The fourth-order valence-corrected chi connectivity index (χ4v) is 0.592. The van der Waals surface area contributed by atoms with E-state index in [1.807, 2.05) is 13.8 Å². The largest absolute Gasteiger partial charge is 0.442 e. The van der Waals surface area contributed by atoms with E-state index in [1.54, 1.807) is 0 Å². The third kappa shape index (κ3) is 1.23. The average molecular weight is 139 g/mol. The van der Waals surface area contributed by atoms with Crippen LogP contribution in [0.15, 0.2) is 16.9 Å². The van der Waals surface area contributed by atoms with Gasteiger partial charge in [-0.15, -0.1) is 0 Å². The predicted octanol–water partition coefficient (Wildman–Crippen LogP) is 1.51. The van der Waals surface area contributed by atoms with Crippen LogP contribution in [0.1, 0.15) is 24.5 Å². The van der Waals surface area contributed by atoms with Crippen molar-refractivity contribution in [1.29, 1.82) is 0 Å². The Balaban J connectivity index is 2.78. The summed E-state index contributed by atoms with van der Waals surface area (Å²) in [5.41, 5.74) is 0. The molecule has 0 aliphatic rings. The number of rotatable bonds is 2. The van der Waals surface area contributed by atoms with Crippen molar-refractivity contribution in [3.63, 3.8) is 0 Å². The summed E-state index contributed by atoms with van der Waals surface area (Å²) in [6.45, 7) is 3.62. The molecule has 1 heterocycles. The van der Waals surface area contributed by atoms with Crippen molar-refractivity contribution in [2.45, 2.75) is 13.8 Å². The average Bonchev–Trinajstić information content (AvgIpc) is 2.36. The fraction of sp³-hybridized carbons (Fsp3) is 0.429. The van der Waals surface area contributed by atoms with Crippen molar-refractivity contribution in [1.82, 2.24) is 4.98 Å². The van der Waals surface area contributed by atoms with Crippen LogP contribution in [0.2, 0.25) is 0 Å². The third-order valence-corrected chi connectivity index (χ3v) is 1.17. The molecular weight excluding hydrogens is 130 g/mol. The summed E-state index contributed by atoms with van der Waals surface area (Å²) in [5, 5.41) is 0. The molecule has 3 heteroatoms. The minimum absolute atomic E-state index is 0.0429. The SMILES string of the molecule is CC(C)C(=O)c1ncco1. The number of ketones is 1. The molecule has 0 aliphatic heterocycles. The summed E-state index contributed by atoms with van der Waals surface area (Å²) in [6, 6.07) is 0. The van der Waals surface area contributed by atoms with Crippen molar-refractivity contribution in [2.24, 2.45) is 5.92 Å². The number of aromatic nitrogens is 1. The molecule has 0 atom stereocenters. The number of carbonyl (C=O) groups is 1. The Kier molecular flexibility index (Phi) is 1.85. The quantitative estimate of drug-likeness (QED) is 0.583. The first kappa shape index (κ1) is 6.99. The molecule has 0 saturated carbocycles. The van der Waals surface area contributed by atoms with Crippen LogP contribution >= 0.6 is 0 Å². The van der Waals surface area contributed by atoms with E-state index in [0.717, 1.165) is 0 Å². The smallest absolute Gasteiger partial charge is 0.263 e. The van der Waals surface area contributed by atoms with Crippen LogP contribution in [0, 0.1) is 5.92 Å². The lowest BCUT2D eigenvalue weighted by atomic mass is 10.1. The van der Waals surface area contributed by atoms with Gasteiger partial charge >= 0.3 is 0 Å². The van der Waals surface area contributed by atoms with E-state index in [-0.39, 0.29) is 17.6 Å². The number of carbonyl (C=O) groups excluding carboxylic acids is 1. The van der Waals surface area contributed by atoms with Gasteiger partial charge < -0.3 is 4.42 Å². The normalized spacial score (nSPS) is 10.3. The maximum atomic E-state index is 11.0. The maximum Gasteiger partial charge on any atom is 0.263 e. The first-order valence-electron chi connectivity index (χ1n) is 3.15. The molecular formula is C7H9NO2. The van der Waals surface area contributed by atoms with Gasteiger partial charge in [-0.1, -0.05) is 13.8 Å². The van der Waals surface area contributed by atoms with Gasteiger partial charge in [-0.05, 0) is 0 Å². The molecule has 10 heavy (non-hydrogen) atoms. The molecule has 0 saturated heterocycles. The molecule has 0 amide bonds. The topological polar surface area (TPSA) is 43.1 Å². The van der Waals surface area contributed by atoms with Gasteiger partial charge in [-0.25, -0.2) is 4.98 Å². The van der Waals surface area contributed by atoms with Gasteiger partial charge in [0.2, 0.25) is 5.78 Å². The molecule has 0 fully saturated rings. The molecule has 0 N–H and O–H groups in total. The van der Waals surface area contributed by atoms with E-state index in [4.69, 9.17) is 4.42 Å². The van der Waals surface area contributed by atoms with E-state index >= 15 is 0 Å². The zero-order valence-corrected chi connectivity index (χ0v) is 6.00. The third-order valence-electron chi connectivity index (χ3n) is 1.17. The Morgan fingerprint density at radius 2 is 2.40 bits per heavy atom. The molecule has 54 valence electrons. The van der Waals surface area contributed by atoms with Crippen LogP contribution < -0.4 is 0 Å². The number of Topliss-reactive ketones (excluding diaryl/α,β-unsaturated/α-hetero) is 1. The standard InChI is InChI=1S/C7H9NO2/c1-5(2)6(9)7-8-3-4-10-7/h3-5H,1-2H3. The lowest BCUT2D eigenvalue weighted by molar-refractivity contribution is 0.0904. The van der Waals surface area contributed by atoms with Gasteiger partial charge in [-0.3, -0.25) is 4.79 Å². The van der Waals surface area contributed by atoms with Crippen LogP contribution in [-0.4, -0.2) is 10.8 Å². The Hall–Kier alpha value is -1.12. The summed E-state index contributed by atoms with van der Waals surface area (Å²) < 4.78 is 4.80. The van der Waals surface area contributed by atoms with Gasteiger partial charge in [0.25, 0.3) is 5.89 Å². The molecule has 0 aliphatic carbocycles. The number of oxazole rings is 1. The fourth-order valence-electron chi connectivity index (χ4n) is 0.592. The summed E-state index contributed by atoms with van der Waals surface area (Å²) >= 11 is 0. The maximum absolute atomic E-state index is 11.0. The number of nitrogens with zero attached hydrogens (tertiary/aromatic N) is 1. The van der Waals surface area contributed by atoms with E-state index < -0.39 is 0 Å². The highest BCUT2D eigenvalue weighted by Crippen LogP contribution is 2.04. The predicted molar refractivity (Wildman–Crippen MR) is 35.7 cm³/mol. The van der Waals surface area contributed by atoms with Crippen LogP contribution in [-0.2, 0) is 0 Å². The van der Waals surface area contributed by atoms with Gasteiger partial charge in [-0.2, -0.15) is 0 Å². The summed E-state index contributed by atoms with van der Waals surface area (Å²) in [5.74, 6) is 0.110. The van der Waals surface area contributed by atoms with Crippen molar-refractivity contribution < 1.29 is 9.21 Å². The van der Waals surface area contributed by atoms with Crippen LogP contribution in [0.4, 0.5) is 0 Å². The first-order valence-corrected chi connectivity index (χ1v) is 3.15. The van der Waals surface area contributed by atoms with Crippen molar-refractivity contribution in [2.75, 3.05) is 0 Å². The Labute approximate surface area is 59.1 Å². The lowest BCUT2D eigenvalue weighted by Gasteiger charge is -1.96. The highest BCUT2D eigenvalue weighted by molar-refractivity contribution is 5.92. The highest BCUT2D eigenvalue weighted by atomic mass is 16.3. The van der Waals surface area contributed by atoms with E-state index in [2.05, 4.69) is 4.98 Å². The monoisotopic (exact) mass is 139 g/mol. The molecule has 0 bridgehead atoms. The van der Waals surface area contributed by atoms with Crippen LogP contribution in [0.5, 0.6) is 0 Å². The molecule has 1 aromatic heterocycles. The Morgan fingerprint density at radius 1 is 1.70 bits per heavy atom. The van der Waals surface area contributed by atoms with Crippen molar-refractivity contribution >= 4 is 5.78 Å². The van der Waals surface area contributed by atoms with E-state index in [1.165, 1.54) is 12.5 Å². The second-order valence-corrected chi connectivity index (χ2v) is 2.36. The zero-order chi connectivity index (χ0) is 7.56. The second-order valence-electron chi connectivity index (χ2n) is 2.36. The van der Waals surface area contributed by atoms with E-state index in [0.29, 0.717) is 0 Å². The number of hydrogen-bond acceptors (Lipinski definition) is 3.